The van der Waals surface area contributed by atoms with Gasteiger partial charge in [-0.05, 0) is 24.6 Å². The maximum absolute atomic E-state index is 5.80. The van der Waals surface area contributed by atoms with E-state index in [0.717, 1.165) is 11.3 Å². The van der Waals surface area contributed by atoms with Gasteiger partial charge >= 0.3 is 0 Å². The van der Waals surface area contributed by atoms with E-state index >= 15 is 0 Å². The minimum absolute atomic E-state index is 0.195. The molecule has 0 aliphatic heterocycles. The smallest absolute Gasteiger partial charge is 0.119 e. The minimum Gasteiger partial charge on any atom is -0.497 e. The molecule has 0 bridgehead atoms. The van der Waals surface area contributed by atoms with Crippen molar-refractivity contribution in [1.29, 1.82) is 0 Å². The molecule has 1 aromatic carbocycles. The van der Waals surface area contributed by atoms with E-state index in [4.69, 9.17) is 27.9 Å². The zero-order chi connectivity index (χ0) is 12.0. The van der Waals surface area contributed by atoms with Gasteiger partial charge in [0.1, 0.15) is 5.75 Å². The van der Waals surface area contributed by atoms with Crippen LogP contribution in [0.4, 0.5) is 0 Å². The molecule has 1 atom stereocenters. The molecule has 16 heavy (non-hydrogen) atoms. The van der Waals surface area contributed by atoms with Gasteiger partial charge in [-0.1, -0.05) is 35.3 Å². The van der Waals surface area contributed by atoms with Crippen molar-refractivity contribution in [3.8, 4) is 5.75 Å². The van der Waals surface area contributed by atoms with E-state index in [2.05, 4.69) is 12.2 Å². The molecule has 0 unspecified atom stereocenters. The molecule has 0 aliphatic rings. The molecule has 0 saturated carbocycles. The van der Waals surface area contributed by atoms with Crippen molar-refractivity contribution in [1.82, 2.24) is 5.32 Å². The van der Waals surface area contributed by atoms with E-state index in [0.29, 0.717) is 11.6 Å². The van der Waals surface area contributed by atoms with Crippen LogP contribution in [-0.2, 0) is 0 Å². The third-order valence-corrected chi connectivity index (χ3v) is 2.91. The first-order chi connectivity index (χ1) is 7.67. The van der Waals surface area contributed by atoms with E-state index in [1.54, 1.807) is 7.11 Å². The fourth-order valence-corrected chi connectivity index (χ4v) is 1.47. The lowest BCUT2D eigenvalue weighted by Gasteiger charge is -2.14. The number of methoxy groups -OCH3 is 1. The monoisotopic (exact) mass is 259 g/mol. The topological polar surface area (TPSA) is 21.3 Å². The highest BCUT2D eigenvalue weighted by Crippen LogP contribution is 2.19. The number of hydrogen-bond donors (Lipinski definition) is 1. The molecule has 1 rings (SSSR count). The molecule has 0 saturated heterocycles. The summed E-state index contributed by atoms with van der Waals surface area (Å²) in [4.78, 5) is 0. The van der Waals surface area contributed by atoms with Crippen LogP contribution in [0, 0.1) is 0 Å². The van der Waals surface area contributed by atoms with Gasteiger partial charge in [0, 0.05) is 23.2 Å². The summed E-state index contributed by atoms with van der Waals surface area (Å²) in [7, 11) is 1.66. The van der Waals surface area contributed by atoms with Gasteiger partial charge in [-0.15, -0.1) is 0 Å². The average Bonchev–Trinajstić information content (AvgIpc) is 2.35. The predicted molar refractivity (Wildman–Crippen MR) is 69.2 cm³/mol. The van der Waals surface area contributed by atoms with Crippen LogP contribution in [0.15, 0.2) is 34.8 Å². The highest BCUT2D eigenvalue weighted by Gasteiger charge is 2.05. The lowest BCUT2D eigenvalue weighted by atomic mass is 10.1. The van der Waals surface area contributed by atoms with Crippen molar-refractivity contribution in [3.05, 3.63) is 40.4 Å². The zero-order valence-corrected chi connectivity index (χ0v) is 10.8. The van der Waals surface area contributed by atoms with Gasteiger partial charge in [-0.25, -0.2) is 0 Å². The van der Waals surface area contributed by atoms with Crippen LogP contribution in [0.2, 0.25) is 0 Å². The molecule has 1 aromatic rings. The van der Waals surface area contributed by atoms with E-state index < -0.39 is 0 Å². The number of rotatable bonds is 5. The average molecular weight is 260 g/mol. The predicted octanol–water partition coefficient (Wildman–Crippen LogP) is 3.66. The summed E-state index contributed by atoms with van der Waals surface area (Å²) in [5, 5.41) is 3.85. The summed E-state index contributed by atoms with van der Waals surface area (Å²) < 4.78 is 5.17. The van der Waals surface area contributed by atoms with Crippen molar-refractivity contribution in [3.63, 3.8) is 0 Å². The molecule has 0 fully saturated rings. The van der Waals surface area contributed by atoms with E-state index in [1.807, 2.05) is 24.3 Å². The Morgan fingerprint density at radius 1 is 1.56 bits per heavy atom. The Balaban J connectivity index is 2.61. The number of hydrogen-bond acceptors (Lipinski definition) is 2. The quantitative estimate of drug-likeness (QED) is 0.872. The lowest BCUT2D eigenvalue weighted by Crippen LogP contribution is -2.19. The Bertz CT molecular complexity index is 366. The Morgan fingerprint density at radius 3 is 2.94 bits per heavy atom. The van der Waals surface area contributed by atoms with Gasteiger partial charge in [0.15, 0.2) is 0 Å². The molecule has 0 aromatic heterocycles. The van der Waals surface area contributed by atoms with E-state index in [1.165, 1.54) is 5.54 Å². The first-order valence-corrected chi connectivity index (χ1v) is 5.81. The van der Waals surface area contributed by atoms with E-state index in [-0.39, 0.29) is 6.04 Å². The Labute approximate surface area is 106 Å². The molecule has 0 heterocycles. The summed E-state index contributed by atoms with van der Waals surface area (Å²) >= 11 is 11.3. The van der Waals surface area contributed by atoms with Crippen LogP contribution >= 0.6 is 23.2 Å². The Morgan fingerprint density at radius 2 is 2.31 bits per heavy atom. The normalized spacial score (nSPS) is 13.6. The van der Waals surface area contributed by atoms with Gasteiger partial charge < -0.3 is 10.1 Å². The maximum atomic E-state index is 5.80. The molecule has 0 spiro atoms. The molecule has 0 radical (unpaired) electrons. The maximum Gasteiger partial charge on any atom is 0.119 e. The number of nitrogens with one attached hydrogen (secondary N) is 1. The molecular formula is C12H15Cl2NO. The Hall–Kier alpha value is -0.700. The van der Waals surface area contributed by atoms with Crippen LogP contribution in [-0.4, -0.2) is 13.7 Å². The Kier molecular flexibility index (Phi) is 5.67. The fourth-order valence-electron chi connectivity index (χ4n) is 1.32. The summed E-state index contributed by atoms with van der Waals surface area (Å²) in [5.74, 6) is 0.852. The van der Waals surface area contributed by atoms with Crippen molar-refractivity contribution in [2.45, 2.75) is 13.0 Å². The van der Waals surface area contributed by atoms with Crippen LogP contribution in [0.25, 0.3) is 0 Å². The third kappa shape index (κ3) is 4.05. The first kappa shape index (κ1) is 13.4. The van der Waals surface area contributed by atoms with Gasteiger partial charge in [-0.2, -0.15) is 0 Å². The highest BCUT2D eigenvalue weighted by atomic mass is 35.5. The van der Waals surface area contributed by atoms with Crippen LogP contribution < -0.4 is 10.1 Å². The summed E-state index contributed by atoms with van der Waals surface area (Å²) in [6.45, 7) is 2.62. The lowest BCUT2D eigenvalue weighted by molar-refractivity contribution is 0.413. The minimum atomic E-state index is 0.195. The summed E-state index contributed by atoms with van der Waals surface area (Å²) in [6.07, 6.45) is 0. The molecule has 4 heteroatoms. The van der Waals surface area contributed by atoms with Gasteiger partial charge in [0.2, 0.25) is 0 Å². The second-order valence-electron chi connectivity index (χ2n) is 3.44. The van der Waals surface area contributed by atoms with Gasteiger partial charge in [-0.3, -0.25) is 0 Å². The molecule has 0 aliphatic carbocycles. The van der Waals surface area contributed by atoms with Crippen molar-refractivity contribution in [2.24, 2.45) is 0 Å². The van der Waals surface area contributed by atoms with Gasteiger partial charge in [0.05, 0.1) is 7.11 Å². The second kappa shape index (κ2) is 6.79. The largest absolute Gasteiger partial charge is 0.497 e. The van der Waals surface area contributed by atoms with Crippen molar-refractivity contribution < 1.29 is 4.74 Å². The summed E-state index contributed by atoms with van der Waals surface area (Å²) in [6, 6.07) is 8.11. The molecule has 1 N–H and O–H groups in total. The zero-order valence-electron chi connectivity index (χ0n) is 9.34. The van der Waals surface area contributed by atoms with Gasteiger partial charge in [0.25, 0.3) is 0 Å². The molecule has 0 amide bonds. The molecule has 88 valence electrons. The standard InChI is InChI=1S/C12H15Cl2NO/c1-9(15-8-11(14)7-13)10-4-3-5-12(6-10)16-2/h3-7,9,15H,8H2,1-2H3/b11-7-/t9-/m0/s1. The first-order valence-electron chi connectivity index (χ1n) is 4.99. The number of ether oxygens (including phenoxy) is 1. The van der Waals surface area contributed by atoms with Crippen LogP contribution in [0.5, 0.6) is 5.75 Å². The second-order valence-corrected chi connectivity index (χ2v) is 4.14. The van der Waals surface area contributed by atoms with Crippen LogP contribution in [0.3, 0.4) is 0 Å². The molecular weight excluding hydrogens is 245 g/mol. The SMILES string of the molecule is COc1cccc([C@H](C)NC/C(Cl)=C/Cl)c1. The van der Waals surface area contributed by atoms with Crippen LogP contribution in [0.1, 0.15) is 18.5 Å². The number of benzene rings is 1. The molecule has 2 nitrogen and oxygen atoms in total. The van der Waals surface area contributed by atoms with E-state index in [9.17, 15) is 0 Å². The third-order valence-electron chi connectivity index (χ3n) is 2.29. The fraction of sp³-hybridized carbons (Fsp3) is 0.333. The summed E-state index contributed by atoms with van der Waals surface area (Å²) in [5.41, 5.74) is 2.52. The van der Waals surface area contributed by atoms with Crippen molar-refractivity contribution >= 4 is 23.2 Å². The van der Waals surface area contributed by atoms with Crippen molar-refractivity contribution in [2.75, 3.05) is 13.7 Å². The number of halogens is 2. The highest BCUT2D eigenvalue weighted by molar-refractivity contribution is 6.36.